The summed E-state index contributed by atoms with van der Waals surface area (Å²) in [5.74, 6) is 0.650. The van der Waals surface area contributed by atoms with Crippen molar-refractivity contribution in [2.45, 2.75) is 51.0 Å². The molecule has 4 aromatic rings. The largest absolute Gasteiger partial charge is 0.478 e. The Morgan fingerprint density at radius 3 is 2.47 bits per heavy atom. The van der Waals surface area contributed by atoms with Gasteiger partial charge in [0.2, 0.25) is 0 Å². The molecule has 6 rings (SSSR count). The van der Waals surface area contributed by atoms with Gasteiger partial charge in [-0.15, -0.1) is 0 Å². The molecule has 2 aliphatic rings. The molecule has 1 atom stereocenters. The number of hydrogen-bond donors (Lipinski definition) is 1. The lowest BCUT2D eigenvalue weighted by atomic mass is 9.85. The van der Waals surface area contributed by atoms with Crippen LogP contribution in [0.1, 0.15) is 54.9 Å². The van der Waals surface area contributed by atoms with Crippen LogP contribution in [-0.4, -0.2) is 23.0 Å². The van der Waals surface area contributed by atoms with Crippen LogP contribution in [0.2, 0.25) is 5.02 Å². The van der Waals surface area contributed by atoms with Crippen LogP contribution in [0.15, 0.2) is 71.7 Å². The van der Waals surface area contributed by atoms with E-state index in [4.69, 9.17) is 21.3 Å². The van der Waals surface area contributed by atoms with Gasteiger partial charge in [0.05, 0.1) is 17.2 Å². The fraction of sp³-hybridized carbons (Fsp3) is 0.300. The maximum Gasteiger partial charge on any atom is 0.196 e. The molecule has 34 heavy (non-hydrogen) atoms. The van der Waals surface area contributed by atoms with Gasteiger partial charge in [-0.05, 0) is 86.1 Å². The van der Waals surface area contributed by atoms with Crippen molar-refractivity contribution in [3.63, 3.8) is 0 Å². The molecule has 0 bridgehead atoms. The van der Waals surface area contributed by atoms with Gasteiger partial charge in [0, 0.05) is 21.5 Å². The lowest BCUT2D eigenvalue weighted by Crippen LogP contribution is -2.17. The third kappa shape index (κ3) is 3.82. The fourth-order valence-corrected chi connectivity index (χ4v) is 5.56. The van der Waals surface area contributed by atoms with E-state index in [0.29, 0.717) is 6.61 Å². The van der Waals surface area contributed by atoms with E-state index >= 15 is 0 Å². The number of benzene rings is 3. The van der Waals surface area contributed by atoms with Gasteiger partial charge < -0.3 is 9.72 Å². The van der Waals surface area contributed by atoms with Crippen molar-refractivity contribution >= 4 is 28.4 Å². The first-order chi connectivity index (χ1) is 16.5. The van der Waals surface area contributed by atoms with Crippen LogP contribution >= 0.6 is 11.6 Å². The topological polar surface area (TPSA) is 37.4 Å². The van der Waals surface area contributed by atoms with E-state index in [1.807, 2.05) is 12.1 Å². The van der Waals surface area contributed by atoms with Crippen LogP contribution in [-0.2, 0) is 17.6 Å². The number of para-hydroxylation sites is 1. The highest BCUT2D eigenvalue weighted by Crippen LogP contribution is 2.42. The molecule has 0 spiro atoms. The number of nitrogens with zero attached hydrogens (tertiary/aromatic N) is 1. The van der Waals surface area contributed by atoms with Crippen LogP contribution in [0.3, 0.4) is 0 Å². The first-order valence-corrected chi connectivity index (χ1v) is 12.6. The summed E-state index contributed by atoms with van der Waals surface area (Å²) in [6.45, 7) is 4.83. The van der Waals surface area contributed by atoms with Crippen molar-refractivity contribution < 1.29 is 4.74 Å². The summed E-state index contributed by atoms with van der Waals surface area (Å²) in [5, 5.41) is 1.93. The molecule has 3 nitrogen and oxygen atoms in total. The number of fused-ring (bicyclic) bond motifs is 2. The Hall–Kier alpha value is -3.04. The van der Waals surface area contributed by atoms with E-state index < -0.39 is 0 Å². The zero-order valence-electron chi connectivity index (χ0n) is 19.7. The second-order valence-electron chi connectivity index (χ2n) is 10.2. The molecular weight excluding hydrogens is 440 g/mol. The lowest BCUT2D eigenvalue weighted by molar-refractivity contribution is 0.273. The molecule has 2 heterocycles. The van der Waals surface area contributed by atoms with Crippen LogP contribution in [0.4, 0.5) is 0 Å². The summed E-state index contributed by atoms with van der Waals surface area (Å²) >= 11 is 6.27. The van der Waals surface area contributed by atoms with E-state index in [1.54, 1.807) is 0 Å². The number of H-pyrrole nitrogens is 1. The molecule has 0 fully saturated rings. The standard InChI is InChI=1S/C30H29ClN2O/c1-30(2)18-34-29(33-30)26(20-13-15-23(31)16-14-20)27-24-9-5-6-10-25(24)32-28(27)22-12-11-19-7-3-4-8-21(19)17-22/h5-6,9-17,26,32H,3-4,7-8,18H2,1-2H3. The predicted octanol–water partition coefficient (Wildman–Crippen LogP) is 7.71. The van der Waals surface area contributed by atoms with E-state index in [2.05, 4.69) is 73.4 Å². The lowest BCUT2D eigenvalue weighted by Gasteiger charge is -2.21. The average Bonchev–Trinajstić information content (AvgIpc) is 3.40. The monoisotopic (exact) mass is 468 g/mol. The van der Waals surface area contributed by atoms with Crippen molar-refractivity contribution in [2.75, 3.05) is 6.61 Å². The van der Waals surface area contributed by atoms with Gasteiger partial charge in [0.1, 0.15) is 6.61 Å². The number of hydrogen-bond acceptors (Lipinski definition) is 2. The van der Waals surface area contributed by atoms with E-state index in [0.717, 1.165) is 34.1 Å². The molecule has 4 heteroatoms. The maximum absolute atomic E-state index is 6.27. The minimum atomic E-state index is -0.238. The number of rotatable bonds is 4. The van der Waals surface area contributed by atoms with Crippen molar-refractivity contribution in [1.29, 1.82) is 0 Å². The maximum atomic E-state index is 6.27. The summed E-state index contributed by atoms with van der Waals surface area (Å²) in [4.78, 5) is 8.79. The number of aryl methyl sites for hydroxylation is 2. The number of halogens is 1. The molecule has 0 amide bonds. The molecular formula is C30H29ClN2O. The quantitative estimate of drug-likeness (QED) is 0.327. The van der Waals surface area contributed by atoms with Crippen molar-refractivity contribution in [1.82, 2.24) is 4.98 Å². The number of aliphatic imine (C=N–C) groups is 1. The SMILES string of the molecule is CC1(C)COC(C(c2ccc(Cl)cc2)c2c(-c3ccc4c(c3)CCCC4)[nH]c3ccccc23)=N1. The molecule has 1 unspecified atom stereocenters. The van der Waals surface area contributed by atoms with Crippen molar-refractivity contribution in [2.24, 2.45) is 4.99 Å². The summed E-state index contributed by atoms with van der Waals surface area (Å²) in [6.07, 6.45) is 4.89. The van der Waals surface area contributed by atoms with Gasteiger partial charge in [-0.3, -0.25) is 0 Å². The molecule has 1 aliphatic heterocycles. The summed E-state index contributed by atoms with van der Waals surface area (Å²) in [5.41, 5.74) is 8.57. The Bertz CT molecular complexity index is 1400. The van der Waals surface area contributed by atoms with Gasteiger partial charge in [-0.25, -0.2) is 4.99 Å². The minimum Gasteiger partial charge on any atom is -0.478 e. The molecule has 172 valence electrons. The first kappa shape index (κ1) is 21.5. The van der Waals surface area contributed by atoms with Gasteiger partial charge >= 0.3 is 0 Å². The highest BCUT2D eigenvalue weighted by Gasteiger charge is 2.35. The molecule has 1 aliphatic carbocycles. The molecule has 1 N–H and O–H groups in total. The first-order valence-electron chi connectivity index (χ1n) is 12.2. The molecule has 3 aromatic carbocycles. The Kier molecular flexibility index (Phi) is 5.26. The summed E-state index contributed by atoms with van der Waals surface area (Å²) in [6, 6.07) is 23.7. The van der Waals surface area contributed by atoms with Crippen LogP contribution in [0, 0.1) is 0 Å². The normalized spacial score (nSPS) is 17.8. The Morgan fingerprint density at radius 2 is 1.71 bits per heavy atom. The van der Waals surface area contributed by atoms with Gasteiger partial charge in [0.25, 0.3) is 0 Å². The van der Waals surface area contributed by atoms with Crippen LogP contribution in [0.5, 0.6) is 0 Å². The predicted molar refractivity (Wildman–Crippen MR) is 141 cm³/mol. The third-order valence-electron chi connectivity index (χ3n) is 7.11. The fourth-order valence-electron chi connectivity index (χ4n) is 5.43. The van der Waals surface area contributed by atoms with Crippen LogP contribution < -0.4 is 0 Å². The van der Waals surface area contributed by atoms with Gasteiger partial charge in [-0.1, -0.05) is 54.1 Å². The Labute approximate surface area is 205 Å². The summed E-state index contributed by atoms with van der Waals surface area (Å²) in [7, 11) is 0. The Morgan fingerprint density at radius 1 is 0.941 bits per heavy atom. The highest BCUT2D eigenvalue weighted by atomic mass is 35.5. The second kappa shape index (κ2) is 8.32. The third-order valence-corrected chi connectivity index (χ3v) is 7.36. The zero-order valence-corrected chi connectivity index (χ0v) is 20.5. The Balaban J connectivity index is 1.60. The second-order valence-corrected chi connectivity index (χ2v) is 10.6. The number of ether oxygens (including phenoxy) is 1. The molecule has 1 aromatic heterocycles. The van der Waals surface area contributed by atoms with E-state index in [9.17, 15) is 0 Å². The van der Waals surface area contributed by atoms with Gasteiger partial charge in [0.15, 0.2) is 5.90 Å². The summed E-state index contributed by atoms with van der Waals surface area (Å²) < 4.78 is 6.27. The van der Waals surface area contributed by atoms with Crippen LogP contribution in [0.25, 0.3) is 22.2 Å². The minimum absolute atomic E-state index is 0.124. The van der Waals surface area contributed by atoms with Gasteiger partial charge in [-0.2, -0.15) is 0 Å². The van der Waals surface area contributed by atoms with E-state index in [1.165, 1.54) is 46.9 Å². The average molecular weight is 469 g/mol. The molecule has 0 saturated heterocycles. The molecule has 0 saturated carbocycles. The van der Waals surface area contributed by atoms with Crippen molar-refractivity contribution in [3.05, 3.63) is 94.0 Å². The van der Waals surface area contributed by atoms with E-state index in [-0.39, 0.29) is 11.5 Å². The van der Waals surface area contributed by atoms with Crippen molar-refractivity contribution in [3.8, 4) is 11.3 Å². The molecule has 0 radical (unpaired) electrons. The number of aromatic nitrogens is 1. The zero-order chi connectivity index (χ0) is 23.3. The highest BCUT2D eigenvalue weighted by molar-refractivity contribution is 6.30. The smallest absolute Gasteiger partial charge is 0.196 e. The number of aromatic amines is 1. The number of nitrogens with one attached hydrogen (secondary N) is 1.